The number of aryl methyl sites for hydroxylation is 1. The van der Waals surface area contributed by atoms with E-state index in [2.05, 4.69) is 10.4 Å². The Morgan fingerprint density at radius 2 is 2.13 bits per heavy atom. The molecule has 1 aromatic rings. The Morgan fingerprint density at radius 3 is 2.60 bits per heavy atom. The highest BCUT2D eigenvalue weighted by molar-refractivity contribution is 6.03. The molecule has 1 rings (SSSR count). The molecule has 0 unspecified atom stereocenters. The van der Waals surface area contributed by atoms with E-state index >= 15 is 0 Å². The molecule has 1 heterocycles. The fourth-order valence-corrected chi connectivity index (χ4v) is 1.20. The van der Waals surface area contributed by atoms with Gasteiger partial charge in [-0.25, -0.2) is 4.79 Å². The van der Waals surface area contributed by atoms with Gasteiger partial charge in [0.1, 0.15) is 0 Å². The summed E-state index contributed by atoms with van der Waals surface area (Å²) >= 11 is 0. The number of amides is 1. The number of aromatic carboxylic acids is 1. The number of nitrogens with one attached hydrogen (secondary N) is 1. The van der Waals surface area contributed by atoms with Crippen molar-refractivity contribution in [2.24, 2.45) is 7.05 Å². The minimum Gasteiger partial charge on any atom is -0.477 e. The van der Waals surface area contributed by atoms with Crippen molar-refractivity contribution in [3.8, 4) is 0 Å². The average Bonchev–Trinajstić information content (AvgIpc) is 2.45. The van der Waals surface area contributed by atoms with Gasteiger partial charge in [0.05, 0.1) is 11.8 Å². The van der Waals surface area contributed by atoms with E-state index in [-0.39, 0.29) is 17.3 Å². The first-order valence-corrected chi connectivity index (χ1v) is 4.49. The van der Waals surface area contributed by atoms with Crippen molar-refractivity contribution in [1.29, 1.82) is 0 Å². The Balaban J connectivity index is 3.04. The number of hydrogen-bond donors (Lipinski definition) is 2. The number of aromatic nitrogens is 2. The van der Waals surface area contributed by atoms with Crippen molar-refractivity contribution in [1.82, 2.24) is 15.1 Å². The van der Waals surface area contributed by atoms with Crippen LogP contribution in [0.5, 0.6) is 0 Å². The molecule has 1 amide bonds. The highest BCUT2D eigenvalue weighted by Gasteiger charge is 2.21. The second-order valence-electron chi connectivity index (χ2n) is 3.46. The lowest BCUT2D eigenvalue weighted by atomic mass is 10.2. The van der Waals surface area contributed by atoms with Crippen molar-refractivity contribution < 1.29 is 14.7 Å². The first-order valence-electron chi connectivity index (χ1n) is 4.49. The summed E-state index contributed by atoms with van der Waals surface area (Å²) in [5, 5.41) is 15.2. The van der Waals surface area contributed by atoms with Crippen molar-refractivity contribution in [3.05, 3.63) is 17.5 Å². The number of rotatable bonds is 3. The molecule has 0 saturated heterocycles. The normalized spacial score (nSPS) is 10.4. The standard InChI is InChI=1S/C9H13N3O3/c1-5(2)11-8(13)6-4-10-12(3)7(6)9(14)15/h4-5H,1-3H3,(H,11,13)(H,14,15). The van der Waals surface area contributed by atoms with Crippen LogP contribution in [0.1, 0.15) is 34.7 Å². The molecule has 0 aliphatic rings. The van der Waals surface area contributed by atoms with Crippen LogP contribution in [0.4, 0.5) is 0 Å². The van der Waals surface area contributed by atoms with E-state index in [9.17, 15) is 9.59 Å². The summed E-state index contributed by atoms with van der Waals surface area (Å²) in [4.78, 5) is 22.4. The van der Waals surface area contributed by atoms with Crippen LogP contribution < -0.4 is 5.32 Å². The van der Waals surface area contributed by atoms with Crippen LogP contribution in [0, 0.1) is 0 Å². The van der Waals surface area contributed by atoms with Crippen LogP contribution >= 0.6 is 0 Å². The van der Waals surface area contributed by atoms with E-state index in [0.717, 1.165) is 4.68 Å². The Hall–Kier alpha value is -1.85. The van der Waals surface area contributed by atoms with Crippen LogP contribution in [-0.4, -0.2) is 32.8 Å². The van der Waals surface area contributed by atoms with Gasteiger partial charge in [0.25, 0.3) is 5.91 Å². The van der Waals surface area contributed by atoms with Gasteiger partial charge in [-0.15, -0.1) is 0 Å². The maximum absolute atomic E-state index is 11.6. The SMILES string of the molecule is CC(C)NC(=O)c1cnn(C)c1C(=O)O. The number of carboxylic acids is 1. The first-order chi connectivity index (χ1) is 6.93. The molecule has 0 aliphatic carbocycles. The number of nitrogens with zero attached hydrogens (tertiary/aromatic N) is 2. The monoisotopic (exact) mass is 211 g/mol. The summed E-state index contributed by atoms with van der Waals surface area (Å²) in [5.41, 5.74) is -0.0214. The zero-order chi connectivity index (χ0) is 11.6. The molecule has 0 atom stereocenters. The van der Waals surface area contributed by atoms with E-state index < -0.39 is 11.9 Å². The highest BCUT2D eigenvalue weighted by atomic mass is 16.4. The zero-order valence-corrected chi connectivity index (χ0v) is 8.81. The number of hydrogen-bond acceptors (Lipinski definition) is 3. The van der Waals surface area contributed by atoms with E-state index in [1.807, 2.05) is 0 Å². The number of carboxylic acid groups (broad SMARTS) is 1. The van der Waals surface area contributed by atoms with E-state index in [4.69, 9.17) is 5.11 Å². The van der Waals surface area contributed by atoms with Gasteiger partial charge >= 0.3 is 5.97 Å². The summed E-state index contributed by atoms with van der Waals surface area (Å²) in [6, 6.07) is -0.0423. The van der Waals surface area contributed by atoms with Crippen molar-refractivity contribution in [2.75, 3.05) is 0 Å². The summed E-state index contributed by atoms with van der Waals surface area (Å²) in [5.74, 6) is -1.58. The van der Waals surface area contributed by atoms with Crippen molar-refractivity contribution >= 4 is 11.9 Å². The van der Waals surface area contributed by atoms with Gasteiger partial charge in [-0.05, 0) is 13.8 Å². The summed E-state index contributed by atoms with van der Waals surface area (Å²) in [6.07, 6.45) is 1.25. The van der Waals surface area contributed by atoms with Gasteiger partial charge in [0.15, 0.2) is 5.69 Å². The Morgan fingerprint density at radius 1 is 1.53 bits per heavy atom. The van der Waals surface area contributed by atoms with Crippen LogP contribution in [0.2, 0.25) is 0 Å². The lowest BCUT2D eigenvalue weighted by Crippen LogP contribution is -2.31. The summed E-state index contributed by atoms with van der Waals surface area (Å²) in [6.45, 7) is 3.60. The molecule has 6 nitrogen and oxygen atoms in total. The van der Waals surface area contributed by atoms with Crippen LogP contribution in [0.25, 0.3) is 0 Å². The number of carbonyl (C=O) groups excluding carboxylic acids is 1. The predicted octanol–water partition coefficient (Wildman–Crippen LogP) is 0.256. The van der Waals surface area contributed by atoms with Gasteiger partial charge in [-0.1, -0.05) is 0 Å². The minimum atomic E-state index is -1.16. The Kier molecular flexibility index (Phi) is 3.08. The quantitative estimate of drug-likeness (QED) is 0.750. The fourth-order valence-electron chi connectivity index (χ4n) is 1.20. The molecular formula is C9H13N3O3. The lowest BCUT2D eigenvalue weighted by Gasteiger charge is -2.07. The third-order valence-electron chi connectivity index (χ3n) is 1.81. The molecule has 82 valence electrons. The number of carbonyl (C=O) groups is 2. The Labute approximate surface area is 86.9 Å². The zero-order valence-electron chi connectivity index (χ0n) is 8.81. The van der Waals surface area contributed by atoms with Crippen LogP contribution in [-0.2, 0) is 7.05 Å². The van der Waals surface area contributed by atoms with Gasteiger partial charge in [0.2, 0.25) is 0 Å². The molecule has 0 fully saturated rings. The average molecular weight is 211 g/mol. The summed E-state index contributed by atoms with van der Waals surface area (Å²) in [7, 11) is 1.48. The van der Waals surface area contributed by atoms with E-state index in [0.29, 0.717) is 0 Å². The molecule has 0 aliphatic heterocycles. The fraction of sp³-hybridized carbons (Fsp3) is 0.444. The minimum absolute atomic E-state index is 0.0423. The topological polar surface area (TPSA) is 84.2 Å². The molecule has 0 radical (unpaired) electrons. The van der Waals surface area contributed by atoms with E-state index in [1.54, 1.807) is 13.8 Å². The largest absolute Gasteiger partial charge is 0.477 e. The molecule has 2 N–H and O–H groups in total. The van der Waals surface area contributed by atoms with Crippen molar-refractivity contribution in [2.45, 2.75) is 19.9 Å². The molecule has 15 heavy (non-hydrogen) atoms. The molecule has 6 heteroatoms. The van der Waals surface area contributed by atoms with Gasteiger partial charge in [-0.2, -0.15) is 5.10 Å². The third kappa shape index (κ3) is 2.34. The third-order valence-corrected chi connectivity index (χ3v) is 1.81. The molecule has 0 spiro atoms. The van der Waals surface area contributed by atoms with Crippen LogP contribution in [0.3, 0.4) is 0 Å². The van der Waals surface area contributed by atoms with Crippen molar-refractivity contribution in [3.63, 3.8) is 0 Å². The highest BCUT2D eigenvalue weighted by Crippen LogP contribution is 2.07. The lowest BCUT2D eigenvalue weighted by molar-refractivity contribution is 0.0678. The van der Waals surface area contributed by atoms with Crippen LogP contribution in [0.15, 0.2) is 6.20 Å². The van der Waals surface area contributed by atoms with Gasteiger partial charge < -0.3 is 10.4 Å². The maximum Gasteiger partial charge on any atom is 0.354 e. The molecule has 0 aromatic carbocycles. The van der Waals surface area contributed by atoms with Gasteiger partial charge in [0, 0.05) is 13.1 Å². The smallest absolute Gasteiger partial charge is 0.354 e. The van der Waals surface area contributed by atoms with E-state index in [1.165, 1.54) is 13.2 Å². The summed E-state index contributed by atoms with van der Waals surface area (Å²) < 4.78 is 1.16. The second kappa shape index (κ2) is 4.12. The van der Waals surface area contributed by atoms with Gasteiger partial charge in [-0.3, -0.25) is 9.48 Å². The molecule has 0 bridgehead atoms. The molecule has 1 aromatic heterocycles. The molecular weight excluding hydrogens is 198 g/mol. The second-order valence-corrected chi connectivity index (χ2v) is 3.46. The first kappa shape index (κ1) is 11.2. The predicted molar refractivity (Wildman–Crippen MR) is 52.8 cm³/mol. The Bertz CT molecular complexity index is 395. The maximum atomic E-state index is 11.6. The molecule has 0 saturated carbocycles.